The fraction of sp³-hybridized carbons (Fsp3) is 0.231. The first kappa shape index (κ1) is 24.1. The third-order valence-corrected chi connectivity index (χ3v) is 7.75. The first-order valence-corrected chi connectivity index (χ1v) is 12.7. The minimum Gasteiger partial charge on any atom is -0.405 e. The van der Waals surface area contributed by atoms with Crippen LogP contribution in [0, 0.1) is 12.8 Å². The average molecular weight is 497 g/mol. The van der Waals surface area contributed by atoms with Crippen molar-refractivity contribution < 1.29 is 17.9 Å². The Balaban J connectivity index is 1.90. The Morgan fingerprint density at radius 1 is 0.941 bits per heavy atom. The Morgan fingerprint density at radius 3 is 2.18 bits per heavy atom. The number of aliphatic imine (C=N–C) groups is 1. The van der Waals surface area contributed by atoms with Crippen molar-refractivity contribution in [2.24, 2.45) is 10.9 Å². The molecule has 6 nitrogen and oxygen atoms in total. The lowest BCUT2D eigenvalue weighted by Gasteiger charge is -2.35. The molecule has 0 saturated carbocycles. The molecule has 8 heteroatoms. The average Bonchev–Trinajstić information content (AvgIpc) is 3.17. The number of rotatable bonds is 7. The van der Waals surface area contributed by atoms with Crippen LogP contribution in [0.2, 0.25) is 5.02 Å². The normalized spacial score (nSPS) is 19.1. The van der Waals surface area contributed by atoms with Crippen LogP contribution in [-0.4, -0.2) is 25.8 Å². The Hall–Kier alpha value is -3.00. The number of esters is 1. The highest BCUT2D eigenvalue weighted by atomic mass is 35.5. The lowest BCUT2D eigenvalue weighted by Crippen LogP contribution is -2.52. The number of aryl methyl sites for hydroxylation is 1. The molecule has 1 N–H and O–H groups in total. The van der Waals surface area contributed by atoms with Gasteiger partial charge in [-0.25, -0.2) is 22.9 Å². The molecule has 4 rings (SSSR count). The summed E-state index contributed by atoms with van der Waals surface area (Å²) in [5.41, 5.74) is 0.409. The highest BCUT2D eigenvalue weighted by Gasteiger charge is 2.56. The highest BCUT2D eigenvalue weighted by molar-refractivity contribution is 7.89. The van der Waals surface area contributed by atoms with Crippen LogP contribution in [0.3, 0.4) is 0 Å². The lowest BCUT2D eigenvalue weighted by molar-refractivity contribution is -0.141. The van der Waals surface area contributed by atoms with Gasteiger partial charge in [0.2, 0.25) is 15.9 Å². The van der Waals surface area contributed by atoms with Crippen molar-refractivity contribution in [3.63, 3.8) is 0 Å². The van der Waals surface area contributed by atoms with Crippen molar-refractivity contribution in [3.05, 3.63) is 101 Å². The second-order valence-corrected chi connectivity index (χ2v) is 10.7. The van der Waals surface area contributed by atoms with E-state index in [0.29, 0.717) is 16.1 Å². The van der Waals surface area contributed by atoms with Gasteiger partial charge >= 0.3 is 5.97 Å². The Labute approximate surface area is 204 Å². The molecule has 1 aliphatic heterocycles. The molecule has 2 atom stereocenters. The van der Waals surface area contributed by atoms with E-state index >= 15 is 0 Å². The van der Waals surface area contributed by atoms with Crippen molar-refractivity contribution in [1.82, 2.24) is 4.72 Å². The van der Waals surface area contributed by atoms with Crippen molar-refractivity contribution in [3.8, 4) is 0 Å². The molecule has 0 radical (unpaired) electrons. The van der Waals surface area contributed by atoms with Crippen LogP contribution in [0.4, 0.5) is 0 Å². The van der Waals surface area contributed by atoms with Crippen LogP contribution in [0.15, 0.2) is 88.8 Å². The number of halogens is 1. The smallest absolute Gasteiger partial charge is 0.343 e. The molecule has 0 saturated heterocycles. The van der Waals surface area contributed by atoms with E-state index in [2.05, 4.69) is 4.72 Å². The van der Waals surface area contributed by atoms with Crippen LogP contribution < -0.4 is 4.72 Å². The van der Waals surface area contributed by atoms with Gasteiger partial charge in [-0.15, -0.1) is 0 Å². The van der Waals surface area contributed by atoms with Crippen LogP contribution in [0.25, 0.3) is 0 Å². The second kappa shape index (κ2) is 9.33. The molecule has 0 spiro atoms. The standard InChI is InChI=1S/C26H25ClN2O4S/c1-17(2)26(25(30)33-24(28-26)19-9-5-4-6-10-19)23(21-11-7-8-12-22(21)27)29-34(31,32)20-15-13-18(3)14-16-20/h4-17,23,29H,1-3H3/t23?,26-/m1/s1. The molecule has 1 heterocycles. The molecule has 0 aliphatic carbocycles. The topological polar surface area (TPSA) is 84.8 Å². The van der Waals surface area contributed by atoms with Gasteiger partial charge in [0, 0.05) is 10.6 Å². The largest absolute Gasteiger partial charge is 0.405 e. The summed E-state index contributed by atoms with van der Waals surface area (Å²) >= 11 is 6.53. The summed E-state index contributed by atoms with van der Waals surface area (Å²) in [6.45, 7) is 5.49. The summed E-state index contributed by atoms with van der Waals surface area (Å²) in [6.07, 6.45) is 0. The maximum atomic E-state index is 13.5. The lowest BCUT2D eigenvalue weighted by atomic mass is 9.77. The zero-order chi connectivity index (χ0) is 24.5. The maximum Gasteiger partial charge on any atom is 0.343 e. The first-order valence-electron chi connectivity index (χ1n) is 10.9. The van der Waals surface area contributed by atoms with Gasteiger partial charge in [0.05, 0.1) is 10.9 Å². The number of cyclic esters (lactones) is 1. The molecular formula is C26H25ClN2O4S. The van der Waals surface area contributed by atoms with Crippen molar-refractivity contribution >= 4 is 33.5 Å². The first-order chi connectivity index (χ1) is 16.1. The maximum absolute atomic E-state index is 13.5. The number of ether oxygens (including phenoxy) is 1. The summed E-state index contributed by atoms with van der Waals surface area (Å²) in [5, 5.41) is 0.315. The molecule has 0 fully saturated rings. The SMILES string of the molecule is Cc1ccc(S(=O)(=O)NC(c2ccccc2Cl)[C@@]2(C(C)C)N=C(c3ccccc3)OC2=O)cc1. The van der Waals surface area contributed by atoms with E-state index in [1.165, 1.54) is 12.1 Å². The molecule has 0 amide bonds. The minimum atomic E-state index is -4.04. The Kier molecular flexibility index (Phi) is 6.62. The molecule has 3 aromatic carbocycles. The van der Waals surface area contributed by atoms with E-state index < -0.39 is 33.5 Å². The van der Waals surface area contributed by atoms with E-state index in [1.807, 2.05) is 39.0 Å². The molecule has 0 bridgehead atoms. The van der Waals surface area contributed by atoms with Crippen LogP contribution in [0.5, 0.6) is 0 Å². The molecule has 176 valence electrons. The summed E-state index contributed by atoms with van der Waals surface area (Å²) in [6, 6.07) is 21.2. The Morgan fingerprint density at radius 2 is 1.56 bits per heavy atom. The molecule has 0 aromatic heterocycles. The number of hydrogen-bond donors (Lipinski definition) is 1. The van der Waals surface area contributed by atoms with Gasteiger partial charge < -0.3 is 4.74 Å². The van der Waals surface area contributed by atoms with Crippen molar-refractivity contribution in [2.45, 2.75) is 37.2 Å². The fourth-order valence-corrected chi connectivity index (χ4v) is 5.52. The predicted octanol–water partition coefficient (Wildman–Crippen LogP) is 5.07. The fourth-order valence-electron chi connectivity index (χ4n) is 4.03. The van der Waals surface area contributed by atoms with Crippen molar-refractivity contribution in [1.29, 1.82) is 0 Å². The number of sulfonamides is 1. The van der Waals surface area contributed by atoms with E-state index in [9.17, 15) is 13.2 Å². The summed E-state index contributed by atoms with van der Waals surface area (Å²) in [4.78, 5) is 18.3. The molecule has 1 unspecified atom stereocenters. The third kappa shape index (κ3) is 4.39. The molecule has 3 aromatic rings. The number of hydrogen-bond acceptors (Lipinski definition) is 5. The van der Waals surface area contributed by atoms with Crippen LogP contribution >= 0.6 is 11.6 Å². The van der Waals surface area contributed by atoms with Gasteiger partial charge in [0.15, 0.2) is 5.54 Å². The second-order valence-electron chi connectivity index (χ2n) is 8.54. The number of nitrogens with one attached hydrogen (secondary N) is 1. The highest BCUT2D eigenvalue weighted by Crippen LogP contribution is 2.44. The van der Waals surface area contributed by atoms with Gasteiger partial charge in [-0.2, -0.15) is 0 Å². The van der Waals surface area contributed by atoms with Crippen LogP contribution in [0.1, 0.15) is 36.6 Å². The third-order valence-electron chi connectivity index (χ3n) is 5.96. The van der Waals surface area contributed by atoms with Gasteiger partial charge in [-0.05, 0) is 48.7 Å². The number of nitrogens with zero attached hydrogens (tertiary/aromatic N) is 1. The molecular weight excluding hydrogens is 472 g/mol. The van der Waals surface area contributed by atoms with Gasteiger partial charge in [-0.1, -0.05) is 79.5 Å². The molecule has 34 heavy (non-hydrogen) atoms. The van der Waals surface area contributed by atoms with E-state index in [-0.39, 0.29) is 10.8 Å². The number of benzene rings is 3. The van der Waals surface area contributed by atoms with Gasteiger partial charge in [0.25, 0.3) is 0 Å². The quantitative estimate of drug-likeness (QED) is 0.463. The van der Waals surface area contributed by atoms with Crippen LogP contribution in [-0.2, 0) is 19.6 Å². The monoisotopic (exact) mass is 496 g/mol. The number of carbonyl (C=O) groups is 1. The van der Waals surface area contributed by atoms with E-state index in [0.717, 1.165) is 5.56 Å². The van der Waals surface area contributed by atoms with Gasteiger partial charge in [0.1, 0.15) is 0 Å². The zero-order valence-electron chi connectivity index (χ0n) is 19.0. The summed E-state index contributed by atoms with van der Waals surface area (Å²) in [5.74, 6) is -0.924. The predicted molar refractivity (Wildman–Crippen MR) is 132 cm³/mol. The van der Waals surface area contributed by atoms with E-state index in [4.69, 9.17) is 21.3 Å². The zero-order valence-corrected chi connectivity index (χ0v) is 20.6. The van der Waals surface area contributed by atoms with Crippen molar-refractivity contribution in [2.75, 3.05) is 0 Å². The summed E-state index contributed by atoms with van der Waals surface area (Å²) < 4.78 is 35.3. The van der Waals surface area contributed by atoms with Gasteiger partial charge in [-0.3, -0.25) is 0 Å². The number of carbonyl (C=O) groups excluding carboxylic acids is 1. The Bertz CT molecular complexity index is 1340. The minimum absolute atomic E-state index is 0.0766. The summed E-state index contributed by atoms with van der Waals surface area (Å²) in [7, 11) is -4.04. The van der Waals surface area contributed by atoms with E-state index in [1.54, 1.807) is 48.5 Å². The molecule has 1 aliphatic rings.